The molecule has 1 heterocycles. The minimum atomic E-state index is -1.39. The summed E-state index contributed by atoms with van der Waals surface area (Å²) < 4.78 is 5.33. The number of esters is 1. The van der Waals surface area contributed by atoms with Crippen molar-refractivity contribution in [2.75, 3.05) is 27.2 Å². The number of hydrogen-bond acceptors (Lipinski definition) is 4. The number of likely N-dealkylation sites (N-methyl/N-ethyl adjacent to an activating group) is 1. The Labute approximate surface area is 202 Å². The van der Waals surface area contributed by atoms with Crippen molar-refractivity contribution in [3.8, 4) is 0 Å². The Morgan fingerprint density at radius 2 is 1.38 bits per heavy atom. The van der Waals surface area contributed by atoms with Crippen molar-refractivity contribution in [1.29, 1.82) is 0 Å². The second-order valence-corrected chi connectivity index (χ2v) is 9.80. The van der Waals surface area contributed by atoms with Crippen LogP contribution in [0.3, 0.4) is 0 Å². The van der Waals surface area contributed by atoms with Gasteiger partial charge in [0.25, 0.3) is 0 Å². The molecular formula is C29H34N2O3. The van der Waals surface area contributed by atoms with Gasteiger partial charge in [0, 0.05) is 19.1 Å². The van der Waals surface area contributed by atoms with E-state index >= 15 is 0 Å². The van der Waals surface area contributed by atoms with Crippen LogP contribution in [0.5, 0.6) is 0 Å². The van der Waals surface area contributed by atoms with Gasteiger partial charge in [-0.15, -0.1) is 0 Å². The van der Waals surface area contributed by atoms with Gasteiger partial charge < -0.3 is 9.64 Å². The Balaban J connectivity index is 1.55. The topological polar surface area (TPSA) is 49.9 Å². The molecule has 2 aliphatic carbocycles. The summed E-state index contributed by atoms with van der Waals surface area (Å²) in [5.74, 6) is -0.649. The zero-order chi connectivity index (χ0) is 23.7. The molecule has 2 atom stereocenters. The molecule has 2 unspecified atom stereocenters. The predicted octanol–water partition coefficient (Wildman–Crippen LogP) is 4.64. The van der Waals surface area contributed by atoms with Gasteiger partial charge in [-0.2, -0.15) is 0 Å². The first-order valence-corrected chi connectivity index (χ1v) is 12.6. The van der Waals surface area contributed by atoms with Crippen LogP contribution in [0, 0.1) is 5.41 Å². The average Bonchev–Trinajstić information content (AvgIpc) is 3.30. The van der Waals surface area contributed by atoms with Crippen molar-refractivity contribution in [2.45, 2.75) is 50.6 Å². The highest BCUT2D eigenvalue weighted by Gasteiger charge is 2.68. The van der Waals surface area contributed by atoms with Crippen LogP contribution < -0.4 is 0 Å². The van der Waals surface area contributed by atoms with Crippen molar-refractivity contribution in [2.24, 2.45) is 5.41 Å². The largest absolute Gasteiger partial charge is 0.468 e. The third kappa shape index (κ3) is 3.67. The van der Waals surface area contributed by atoms with Crippen LogP contribution in [-0.2, 0) is 14.3 Å². The Hall–Kier alpha value is -2.92. The summed E-state index contributed by atoms with van der Waals surface area (Å²) in [5, 5.41) is 0. The maximum Gasteiger partial charge on any atom is 0.330 e. The summed E-state index contributed by atoms with van der Waals surface area (Å²) in [5.41, 5.74) is 1.95. The predicted molar refractivity (Wildman–Crippen MR) is 134 cm³/mol. The Kier molecular flexibility index (Phi) is 6.30. The van der Waals surface area contributed by atoms with Crippen molar-refractivity contribution < 1.29 is 14.3 Å². The summed E-state index contributed by atoms with van der Waals surface area (Å²) in [4.78, 5) is 32.4. The van der Waals surface area contributed by atoms with E-state index in [1.165, 1.54) is 26.4 Å². The second kappa shape index (κ2) is 9.38. The summed E-state index contributed by atoms with van der Waals surface area (Å²) >= 11 is 0. The number of carbonyl (C=O) groups is 2. The van der Waals surface area contributed by atoms with E-state index in [4.69, 9.17) is 4.74 Å². The number of ether oxygens (including phenoxy) is 1. The zero-order valence-corrected chi connectivity index (χ0v) is 20.2. The van der Waals surface area contributed by atoms with Gasteiger partial charge in [0.15, 0.2) is 5.41 Å². The second-order valence-electron chi connectivity index (χ2n) is 9.80. The number of rotatable bonds is 6. The molecule has 0 aromatic heterocycles. The van der Waals surface area contributed by atoms with Crippen LogP contribution in [0.25, 0.3) is 11.1 Å². The number of amides is 1. The summed E-state index contributed by atoms with van der Waals surface area (Å²) in [7, 11) is 3.28. The summed E-state index contributed by atoms with van der Waals surface area (Å²) in [6, 6.07) is 20.1. The molecule has 0 bridgehead atoms. The molecule has 178 valence electrons. The first-order valence-electron chi connectivity index (χ1n) is 12.6. The molecule has 2 aromatic rings. The molecule has 0 N–H and O–H groups in total. The van der Waals surface area contributed by atoms with Crippen molar-refractivity contribution in [1.82, 2.24) is 9.80 Å². The molecule has 5 heteroatoms. The highest BCUT2D eigenvalue weighted by Crippen LogP contribution is 2.65. The van der Waals surface area contributed by atoms with Crippen LogP contribution in [0.15, 0.2) is 60.7 Å². The lowest BCUT2D eigenvalue weighted by molar-refractivity contribution is -0.154. The van der Waals surface area contributed by atoms with E-state index in [1.807, 2.05) is 72.6 Å². The molecule has 34 heavy (non-hydrogen) atoms. The number of methoxy groups -OCH3 is 1. The standard InChI is InChI=1S/C29H34N2O3/c1-30(23-17-9-10-18-24(23)31-19-11-12-20-31)27(32)29(28(33)34-2)25(21-13-5-3-6-14-21)26(29)22-15-7-4-8-16-22/h3-8,13-16,23-24H,9-12,17-20H2,1-2H3. The molecule has 5 rings (SSSR count). The maximum atomic E-state index is 14.4. The minimum absolute atomic E-state index is 0.107. The molecule has 0 radical (unpaired) electrons. The number of hydrogen-bond donors (Lipinski definition) is 0. The van der Waals surface area contributed by atoms with Gasteiger partial charge >= 0.3 is 5.97 Å². The fraction of sp³-hybridized carbons (Fsp3) is 0.448. The van der Waals surface area contributed by atoms with E-state index in [0.717, 1.165) is 54.6 Å². The maximum absolute atomic E-state index is 14.4. The van der Waals surface area contributed by atoms with E-state index < -0.39 is 11.4 Å². The number of nitrogens with zero attached hydrogens (tertiary/aromatic N) is 2. The van der Waals surface area contributed by atoms with Gasteiger partial charge in [-0.05, 0) is 61.0 Å². The van der Waals surface area contributed by atoms with Gasteiger partial charge in [0.05, 0.1) is 7.11 Å². The Bertz CT molecular complexity index is 1020. The van der Waals surface area contributed by atoms with Crippen LogP contribution in [-0.4, -0.2) is 61.0 Å². The fourth-order valence-corrected chi connectivity index (χ4v) is 6.33. The third-order valence-corrected chi connectivity index (χ3v) is 8.00. The first kappa shape index (κ1) is 22.9. The lowest BCUT2D eigenvalue weighted by Crippen LogP contribution is -2.56. The smallest absolute Gasteiger partial charge is 0.330 e. The van der Waals surface area contributed by atoms with Gasteiger partial charge in [-0.3, -0.25) is 14.5 Å². The molecule has 2 aromatic carbocycles. The van der Waals surface area contributed by atoms with Gasteiger partial charge in [-0.1, -0.05) is 73.5 Å². The normalized spacial score (nSPS) is 24.1. The van der Waals surface area contributed by atoms with Gasteiger partial charge in [0.2, 0.25) is 5.91 Å². The molecule has 5 nitrogen and oxygen atoms in total. The molecule has 2 fully saturated rings. The van der Waals surface area contributed by atoms with E-state index in [-0.39, 0.29) is 11.9 Å². The lowest BCUT2D eigenvalue weighted by atomic mass is 9.85. The molecule has 3 aliphatic rings. The quantitative estimate of drug-likeness (QED) is 0.468. The number of benzene rings is 2. The van der Waals surface area contributed by atoms with Crippen LogP contribution in [0.1, 0.15) is 49.7 Å². The third-order valence-electron chi connectivity index (χ3n) is 8.00. The number of carbonyl (C=O) groups excluding carboxylic acids is 2. The van der Waals surface area contributed by atoms with Crippen LogP contribution in [0.2, 0.25) is 0 Å². The molecule has 1 amide bonds. The highest BCUT2D eigenvalue weighted by molar-refractivity contribution is 6.39. The van der Waals surface area contributed by atoms with Crippen molar-refractivity contribution in [3.05, 3.63) is 71.8 Å². The van der Waals surface area contributed by atoms with Gasteiger partial charge in [0.1, 0.15) is 0 Å². The lowest BCUT2D eigenvalue weighted by Gasteiger charge is -2.43. The highest BCUT2D eigenvalue weighted by atomic mass is 16.5. The Morgan fingerprint density at radius 1 is 0.853 bits per heavy atom. The van der Waals surface area contributed by atoms with E-state index in [9.17, 15) is 9.59 Å². The van der Waals surface area contributed by atoms with E-state index in [1.54, 1.807) is 0 Å². The minimum Gasteiger partial charge on any atom is -0.468 e. The van der Waals surface area contributed by atoms with E-state index in [0.29, 0.717) is 6.04 Å². The van der Waals surface area contributed by atoms with Gasteiger partial charge in [-0.25, -0.2) is 0 Å². The fourth-order valence-electron chi connectivity index (χ4n) is 6.33. The Morgan fingerprint density at radius 3 is 1.91 bits per heavy atom. The van der Waals surface area contributed by atoms with Crippen molar-refractivity contribution >= 4 is 23.0 Å². The monoisotopic (exact) mass is 458 g/mol. The molecule has 1 saturated carbocycles. The van der Waals surface area contributed by atoms with Crippen LogP contribution in [0.4, 0.5) is 0 Å². The van der Waals surface area contributed by atoms with E-state index in [2.05, 4.69) is 4.90 Å². The molecular weight excluding hydrogens is 424 g/mol. The SMILES string of the molecule is COC(=O)C1(C(=O)N(C)C2CCCCC2N2CCCC2)C(c2ccccc2)=C1c1ccccc1. The number of likely N-dealkylation sites (tertiary alicyclic amines) is 1. The molecule has 1 saturated heterocycles. The zero-order valence-electron chi connectivity index (χ0n) is 20.2. The average molecular weight is 459 g/mol. The molecule has 0 spiro atoms. The summed E-state index contributed by atoms with van der Waals surface area (Å²) in [6.07, 6.45) is 6.85. The summed E-state index contributed by atoms with van der Waals surface area (Å²) in [6.45, 7) is 2.21. The first-order chi connectivity index (χ1) is 16.6. The van der Waals surface area contributed by atoms with Crippen LogP contribution >= 0.6 is 0 Å². The van der Waals surface area contributed by atoms with Crippen molar-refractivity contribution in [3.63, 3.8) is 0 Å². The molecule has 1 aliphatic heterocycles.